The third-order valence-corrected chi connectivity index (χ3v) is 16.7. The molecule has 16 bridgehead atoms. The largest absolute Gasteiger partial charge is 2.00 e. The molecular weight excluding hydrogens is 1210 g/mol. The van der Waals surface area contributed by atoms with Gasteiger partial charge in [-0.2, -0.15) is 0 Å². The van der Waals surface area contributed by atoms with E-state index < -0.39 is 0 Å². The molecule has 6 aromatic heterocycles. The molecule has 14 heteroatoms. The SMILES string of the molecule is C1=Cc2nc1c(-c1ccccc1)c1ccc([n-]1)c(-c1ccccc1)c1nc(c(-c3ccccc3)c3ccc([n-]3)c2-c2ccccc2)C(c2ccc3c(c2)-c2nc-3nc3[n-]c(nc4nc(nc5[n-]c(n2)c2ccccc52)-c2ccccc2-4)c2ccccc32)=C1.[Zn+2].[Zn+2]. The molecule has 8 aromatic carbocycles. The minimum Gasteiger partial charge on any atom is -0.657 e. The molecule has 0 aliphatic carbocycles. The molecule has 12 nitrogen and oxygen atoms in total. The average molecular weight is 1250 g/mol. The van der Waals surface area contributed by atoms with Crippen LogP contribution in [-0.4, -0.2) is 39.9 Å². The zero-order valence-electron chi connectivity index (χ0n) is 48.0. The maximum Gasteiger partial charge on any atom is 2.00 e. The van der Waals surface area contributed by atoms with Gasteiger partial charge in [0.25, 0.3) is 0 Å². The first-order valence-electron chi connectivity index (χ1n) is 29.0. The van der Waals surface area contributed by atoms with Crippen LogP contribution in [-0.2, 0) is 39.0 Å². The van der Waals surface area contributed by atoms with Crippen molar-refractivity contribution in [2.24, 2.45) is 0 Å². The van der Waals surface area contributed by atoms with E-state index in [1.807, 2.05) is 97.1 Å². The summed E-state index contributed by atoms with van der Waals surface area (Å²) in [6.07, 6.45) is 6.40. The Hall–Kier alpha value is -11.0. The molecule has 0 N–H and O–H groups in total. The fraction of sp³-hybridized carbons (Fsp3) is 0. The van der Waals surface area contributed by atoms with Crippen LogP contribution in [0.5, 0.6) is 0 Å². The van der Waals surface area contributed by atoms with Crippen molar-refractivity contribution >= 4 is 90.0 Å². The van der Waals surface area contributed by atoms with Crippen molar-refractivity contribution in [3.05, 3.63) is 265 Å². The van der Waals surface area contributed by atoms with Gasteiger partial charge in [-0.1, -0.05) is 231 Å². The van der Waals surface area contributed by atoms with Crippen LogP contribution in [0.25, 0.3) is 180 Å². The molecule has 0 amide bonds. The molecule has 0 spiro atoms. The normalized spacial score (nSPS) is 12.1. The van der Waals surface area contributed by atoms with Gasteiger partial charge in [-0.3, -0.25) is 0 Å². The van der Waals surface area contributed by atoms with Gasteiger partial charge in [0.05, 0.1) is 46.1 Å². The Morgan fingerprint density at radius 1 is 0.244 bits per heavy atom. The van der Waals surface area contributed by atoms with Gasteiger partial charge in [0, 0.05) is 50.4 Å². The van der Waals surface area contributed by atoms with E-state index in [-0.39, 0.29) is 39.0 Å². The molecule has 0 atom stereocenters. The molecule has 90 heavy (non-hydrogen) atoms. The van der Waals surface area contributed by atoms with Crippen LogP contribution in [0.4, 0.5) is 0 Å². The molecular formula is C76H42N12Zn2. The van der Waals surface area contributed by atoms with Gasteiger partial charge in [0.15, 0.2) is 0 Å². The Morgan fingerprint density at radius 2 is 0.589 bits per heavy atom. The standard InChI is InChI=1S/C76H42N12.2Zn/c1-5-19-43(20-6-1)64-57-35-36-58(77-57)65(44-21-7-2-8-22-44)60-39-40-62(79-60)67(46-25-11-4-12-26-46)68-55(42-63(80-68)66(45-23-9-3-10-24-45)61-38-37-59(64)78-61)47-33-34-54-56(41-47)76-87-74-53-32-18-17-31-52(53)72(85-74)83-70-49-28-14-13-27-48(49)69(81-70)82-71-50-29-15-16-30-51(50)73(84-71)86-75(54)88-76;;/h1-42H;;/q-4;2*+2. The minimum atomic E-state index is 0. The van der Waals surface area contributed by atoms with Crippen LogP contribution in [0, 0.1) is 0 Å². The maximum absolute atomic E-state index is 5.84. The summed E-state index contributed by atoms with van der Waals surface area (Å²) < 4.78 is 0. The van der Waals surface area contributed by atoms with Crippen LogP contribution in [0.1, 0.15) is 28.3 Å². The van der Waals surface area contributed by atoms with E-state index in [4.69, 9.17) is 59.8 Å². The molecule has 0 radical (unpaired) electrons. The predicted octanol–water partition coefficient (Wildman–Crippen LogP) is 16.4. The second-order valence-electron chi connectivity index (χ2n) is 21.9. The Bertz CT molecular complexity index is 5690. The van der Waals surface area contributed by atoms with Crippen molar-refractivity contribution in [2.45, 2.75) is 0 Å². The molecule has 4 aliphatic heterocycles. The van der Waals surface area contributed by atoms with Crippen molar-refractivity contribution in [1.29, 1.82) is 0 Å². The summed E-state index contributed by atoms with van der Waals surface area (Å²) >= 11 is 0. The first-order valence-corrected chi connectivity index (χ1v) is 29.0. The summed E-state index contributed by atoms with van der Waals surface area (Å²) in [5, 5.41) is 3.32. The van der Waals surface area contributed by atoms with E-state index in [0.717, 1.165) is 144 Å². The average Bonchev–Trinajstić information content (AvgIpc) is 4.16. The van der Waals surface area contributed by atoms with Crippen molar-refractivity contribution in [3.8, 4) is 90.1 Å². The van der Waals surface area contributed by atoms with Crippen molar-refractivity contribution < 1.29 is 39.0 Å². The smallest absolute Gasteiger partial charge is 0.657 e. The summed E-state index contributed by atoms with van der Waals surface area (Å²) in [4.78, 5) is 64.2. The van der Waals surface area contributed by atoms with E-state index in [9.17, 15) is 0 Å². The summed E-state index contributed by atoms with van der Waals surface area (Å²) in [5.41, 5.74) is 20.5. The van der Waals surface area contributed by atoms with Gasteiger partial charge in [-0.15, -0.1) is 22.1 Å². The number of benzene rings is 8. The zero-order chi connectivity index (χ0) is 57.8. The fourth-order valence-corrected chi connectivity index (χ4v) is 12.7. The zero-order valence-corrected chi connectivity index (χ0v) is 54.0. The van der Waals surface area contributed by atoms with E-state index in [2.05, 4.69) is 158 Å². The molecule has 0 fully saturated rings. The molecule has 0 saturated carbocycles. The van der Waals surface area contributed by atoms with Gasteiger partial charge < -0.3 is 39.9 Å². The number of aromatic nitrogens is 12. The summed E-state index contributed by atoms with van der Waals surface area (Å²) in [5.74, 6) is 1.89. The summed E-state index contributed by atoms with van der Waals surface area (Å²) in [6.45, 7) is 0. The van der Waals surface area contributed by atoms with E-state index in [1.165, 1.54) is 0 Å². The van der Waals surface area contributed by atoms with Crippen LogP contribution in [0.2, 0.25) is 0 Å². The minimum absolute atomic E-state index is 0. The Labute approximate surface area is 540 Å². The van der Waals surface area contributed by atoms with Crippen LogP contribution in [0.15, 0.2) is 237 Å². The molecule has 18 rings (SSSR count). The second-order valence-corrected chi connectivity index (χ2v) is 21.9. The summed E-state index contributed by atoms with van der Waals surface area (Å²) in [6, 6.07) is 80.4. The number of fused-ring (bicyclic) bond motifs is 28. The third kappa shape index (κ3) is 9.02. The Morgan fingerprint density at radius 3 is 1.01 bits per heavy atom. The Balaban J connectivity index is 0.00000324. The number of rotatable bonds is 5. The maximum atomic E-state index is 5.84. The molecule has 14 aromatic rings. The van der Waals surface area contributed by atoms with Crippen LogP contribution < -0.4 is 19.9 Å². The molecule has 0 saturated heterocycles. The van der Waals surface area contributed by atoms with Gasteiger partial charge in [-0.25, -0.2) is 19.9 Å². The molecule has 410 valence electrons. The Kier molecular flexibility index (Phi) is 13.3. The van der Waals surface area contributed by atoms with Crippen molar-refractivity contribution in [1.82, 2.24) is 59.8 Å². The van der Waals surface area contributed by atoms with E-state index in [1.54, 1.807) is 0 Å². The van der Waals surface area contributed by atoms with E-state index >= 15 is 0 Å². The topological polar surface area (TPSA) is 160 Å². The predicted molar refractivity (Wildman–Crippen MR) is 351 cm³/mol. The number of nitrogens with zero attached hydrogens (tertiary/aromatic N) is 12. The first-order chi connectivity index (χ1) is 43.6. The number of hydrogen-bond donors (Lipinski definition) is 0. The second kappa shape index (κ2) is 22.0. The van der Waals surface area contributed by atoms with Gasteiger partial charge in [0.2, 0.25) is 0 Å². The van der Waals surface area contributed by atoms with Crippen molar-refractivity contribution in [3.63, 3.8) is 0 Å². The van der Waals surface area contributed by atoms with E-state index in [0.29, 0.717) is 45.9 Å². The van der Waals surface area contributed by atoms with Gasteiger partial charge >= 0.3 is 39.0 Å². The van der Waals surface area contributed by atoms with Crippen molar-refractivity contribution in [2.75, 3.05) is 0 Å². The third-order valence-electron chi connectivity index (χ3n) is 16.7. The molecule has 10 heterocycles. The van der Waals surface area contributed by atoms with Crippen LogP contribution >= 0.6 is 0 Å². The molecule has 4 aliphatic rings. The summed E-state index contributed by atoms with van der Waals surface area (Å²) in [7, 11) is 0. The fourth-order valence-electron chi connectivity index (χ4n) is 12.7. The molecule has 0 unspecified atom stereocenters. The van der Waals surface area contributed by atoms with Gasteiger partial charge in [-0.05, 0) is 95.9 Å². The van der Waals surface area contributed by atoms with Gasteiger partial charge in [0.1, 0.15) is 0 Å². The number of hydrogen-bond acceptors (Lipinski definition) is 8. The first kappa shape index (κ1) is 54.4. The monoisotopic (exact) mass is 1250 g/mol. The quantitative estimate of drug-likeness (QED) is 0.150. The van der Waals surface area contributed by atoms with Crippen LogP contribution in [0.3, 0.4) is 0 Å².